The van der Waals surface area contributed by atoms with Gasteiger partial charge in [-0.2, -0.15) is 0 Å². The first kappa shape index (κ1) is 19.0. The van der Waals surface area contributed by atoms with E-state index in [0.29, 0.717) is 0 Å². The van der Waals surface area contributed by atoms with Crippen LogP contribution in [0.2, 0.25) is 0 Å². The van der Waals surface area contributed by atoms with E-state index in [-0.39, 0.29) is 12.6 Å². The molecule has 0 aromatic heterocycles. The molecule has 3 aromatic rings. The van der Waals surface area contributed by atoms with Gasteiger partial charge in [-0.3, -0.25) is 0 Å². The van der Waals surface area contributed by atoms with Crippen LogP contribution in [0.1, 0.15) is 22.7 Å². The third-order valence-corrected chi connectivity index (χ3v) is 4.74. The molecule has 27 heavy (non-hydrogen) atoms. The summed E-state index contributed by atoms with van der Waals surface area (Å²) in [5.41, 5.74) is 2.83. The quantitative estimate of drug-likeness (QED) is 0.569. The monoisotopic (exact) mass is 425 g/mol. The number of hydrogen-bond acceptors (Lipinski definition) is 3. The predicted molar refractivity (Wildman–Crippen MR) is 109 cm³/mol. The number of methoxy groups -OCH3 is 1. The maximum atomic E-state index is 12.4. The van der Waals surface area contributed by atoms with Crippen molar-refractivity contribution in [3.8, 4) is 5.75 Å². The van der Waals surface area contributed by atoms with Crippen LogP contribution >= 0.6 is 15.9 Å². The molecular weight excluding hydrogens is 406 g/mol. The van der Waals surface area contributed by atoms with Crippen molar-refractivity contribution in [1.82, 2.24) is 5.32 Å². The van der Waals surface area contributed by atoms with Crippen LogP contribution < -0.4 is 10.1 Å². The molecule has 3 rings (SSSR count). The molecule has 1 atom stereocenters. The molecular formula is C22H20BrNO3. The summed E-state index contributed by atoms with van der Waals surface area (Å²) < 4.78 is 11.5. The maximum absolute atomic E-state index is 12.4. The Hall–Kier alpha value is -2.79. The first-order chi connectivity index (χ1) is 13.2. The van der Waals surface area contributed by atoms with Crippen LogP contribution in [0.15, 0.2) is 83.3 Å². The Morgan fingerprint density at radius 3 is 2.26 bits per heavy atom. The molecule has 0 spiro atoms. The minimum Gasteiger partial charge on any atom is -0.496 e. The topological polar surface area (TPSA) is 47.6 Å². The second kappa shape index (κ2) is 9.24. The van der Waals surface area contributed by atoms with Gasteiger partial charge >= 0.3 is 6.09 Å². The van der Waals surface area contributed by atoms with Crippen LogP contribution in [0, 0.1) is 0 Å². The van der Waals surface area contributed by atoms with Crippen molar-refractivity contribution in [2.45, 2.75) is 12.6 Å². The molecule has 0 heterocycles. The van der Waals surface area contributed by atoms with Crippen molar-refractivity contribution in [3.63, 3.8) is 0 Å². The summed E-state index contributed by atoms with van der Waals surface area (Å²) in [5, 5.41) is 2.96. The lowest BCUT2D eigenvalue weighted by Crippen LogP contribution is -2.29. The van der Waals surface area contributed by atoms with E-state index in [2.05, 4.69) is 21.2 Å². The SMILES string of the molecule is COc1ccc(C(NC(=O)OCc2ccccc2)c2ccccc2)cc1Br. The van der Waals surface area contributed by atoms with Crippen LogP contribution in [0.3, 0.4) is 0 Å². The van der Waals surface area contributed by atoms with E-state index in [4.69, 9.17) is 9.47 Å². The molecule has 0 aliphatic rings. The predicted octanol–water partition coefficient (Wildman–Crippen LogP) is 5.47. The number of halogens is 1. The third-order valence-electron chi connectivity index (χ3n) is 4.12. The van der Waals surface area contributed by atoms with Gasteiger partial charge in [0, 0.05) is 0 Å². The Morgan fingerprint density at radius 2 is 1.63 bits per heavy atom. The Balaban J connectivity index is 1.78. The zero-order valence-corrected chi connectivity index (χ0v) is 16.5. The van der Waals surface area contributed by atoms with Crippen LogP contribution in [0.4, 0.5) is 4.79 Å². The number of carbonyl (C=O) groups excluding carboxylic acids is 1. The summed E-state index contributed by atoms with van der Waals surface area (Å²) in [6.45, 7) is 0.223. The molecule has 0 saturated carbocycles. The number of nitrogens with one attached hydrogen (secondary N) is 1. The van der Waals surface area contributed by atoms with Gasteiger partial charge in [0.05, 0.1) is 17.6 Å². The highest BCUT2D eigenvalue weighted by Crippen LogP contribution is 2.30. The number of rotatable bonds is 6. The van der Waals surface area contributed by atoms with Gasteiger partial charge in [0.1, 0.15) is 12.4 Å². The van der Waals surface area contributed by atoms with Crippen LogP contribution in [-0.4, -0.2) is 13.2 Å². The molecule has 5 heteroatoms. The Kier molecular flexibility index (Phi) is 6.49. The van der Waals surface area contributed by atoms with Gasteiger partial charge in [-0.15, -0.1) is 0 Å². The van der Waals surface area contributed by atoms with E-state index in [1.54, 1.807) is 7.11 Å². The number of ether oxygens (including phenoxy) is 2. The molecule has 1 amide bonds. The van der Waals surface area contributed by atoms with Crippen molar-refractivity contribution >= 4 is 22.0 Å². The summed E-state index contributed by atoms with van der Waals surface area (Å²) >= 11 is 3.51. The fourth-order valence-electron chi connectivity index (χ4n) is 2.75. The molecule has 3 aromatic carbocycles. The van der Waals surface area contributed by atoms with Crippen LogP contribution in [0.5, 0.6) is 5.75 Å². The Bertz CT molecular complexity index is 885. The summed E-state index contributed by atoms with van der Waals surface area (Å²) in [7, 11) is 1.62. The van der Waals surface area contributed by atoms with Gasteiger partial charge in [0.25, 0.3) is 0 Å². The second-order valence-corrected chi connectivity index (χ2v) is 6.80. The highest BCUT2D eigenvalue weighted by atomic mass is 79.9. The maximum Gasteiger partial charge on any atom is 0.408 e. The minimum atomic E-state index is -0.473. The van der Waals surface area contributed by atoms with E-state index in [0.717, 1.165) is 26.9 Å². The fraction of sp³-hybridized carbons (Fsp3) is 0.136. The molecule has 0 bridgehead atoms. The molecule has 0 aliphatic carbocycles. The van der Waals surface area contributed by atoms with Crippen LogP contribution in [0.25, 0.3) is 0 Å². The van der Waals surface area contributed by atoms with Crippen LogP contribution in [-0.2, 0) is 11.3 Å². The average Bonchev–Trinajstić information content (AvgIpc) is 2.72. The van der Waals surface area contributed by atoms with E-state index in [9.17, 15) is 4.79 Å². The lowest BCUT2D eigenvalue weighted by molar-refractivity contribution is 0.137. The summed E-state index contributed by atoms with van der Waals surface area (Å²) in [4.78, 5) is 12.4. The van der Waals surface area contributed by atoms with E-state index in [1.807, 2.05) is 78.9 Å². The van der Waals surface area contributed by atoms with Gasteiger partial charge in [-0.25, -0.2) is 4.79 Å². The van der Waals surface area contributed by atoms with Gasteiger partial charge in [-0.05, 0) is 44.8 Å². The molecule has 1 unspecified atom stereocenters. The van der Waals surface area contributed by atoms with Gasteiger partial charge in [0.15, 0.2) is 0 Å². The number of alkyl carbamates (subject to hydrolysis) is 1. The first-order valence-electron chi connectivity index (χ1n) is 8.53. The highest BCUT2D eigenvalue weighted by Gasteiger charge is 2.19. The molecule has 0 aliphatic heterocycles. The van der Waals surface area contributed by atoms with Gasteiger partial charge in [-0.1, -0.05) is 66.7 Å². The average molecular weight is 426 g/mol. The molecule has 138 valence electrons. The normalized spacial score (nSPS) is 11.5. The highest BCUT2D eigenvalue weighted by molar-refractivity contribution is 9.10. The van der Waals surface area contributed by atoms with Crippen molar-refractivity contribution in [1.29, 1.82) is 0 Å². The molecule has 4 nitrogen and oxygen atoms in total. The Labute approximate surface area is 167 Å². The Morgan fingerprint density at radius 1 is 0.963 bits per heavy atom. The molecule has 0 saturated heterocycles. The first-order valence-corrected chi connectivity index (χ1v) is 9.32. The van der Waals surface area contributed by atoms with E-state index < -0.39 is 6.09 Å². The van der Waals surface area contributed by atoms with Gasteiger partial charge < -0.3 is 14.8 Å². The number of carbonyl (C=O) groups is 1. The zero-order chi connectivity index (χ0) is 19.1. The molecule has 0 fully saturated rings. The zero-order valence-electron chi connectivity index (χ0n) is 14.9. The standard InChI is InChI=1S/C22H20BrNO3/c1-26-20-13-12-18(14-19(20)23)21(17-10-6-3-7-11-17)24-22(25)27-15-16-8-4-2-5-9-16/h2-14,21H,15H2,1H3,(H,24,25). The van der Waals surface area contributed by atoms with E-state index >= 15 is 0 Å². The second-order valence-electron chi connectivity index (χ2n) is 5.94. The van der Waals surface area contributed by atoms with Crippen molar-refractivity contribution in [2.75, 3.05) is 7.11 Å². The summed E-state index contributed by atoms with van der Waals surface area (Å²) in [6.07, 6.45) is -0.473. The third kappa shape index (κ3) is 5.11. The summed E-state index contributed by atoms with van der Waals surface area (Å²) in [5.74, 6) is 0.734. The van der Waals surface area contributed by atoms with Gasteiger partial charge in [0.2, 0.25) is 0 Å². The minimum absolute atomic E-state index is 0.223. The van der Waals surface area contributed by atoms with Crippen molar-refractivity contribution < 1.29 is 14.3 Å². The lowest BCUT2D eigenvalue weighted by atomic mass is 9.99. The lowest BCUT2D eigenvalue weighted by Gasteiger charge is -2.20. The fourth-order valence-corrected chi connectivity index (χ4v) is 3.31. The summed E-state index contributed by atoms with van der Waals surface area (Å²) in [6, 6.07) is 24.8. The van der Waals surface area contributed by atoms with Crippen molar-refractivity contribution in [3.05, 3.63) is 100 Å². The largest absolute Gasteiger partial charge is 0.496 e. The molecule has 0 radical (unpaired) electrons. The number of benzene rings is 3. The van der Waals surface area contributed by atoms with E-state index in [1.165, 1.54) is 0 Å². The molecule has 1 N–H and O–H groups in total. The number of amides is 1. The van der Waals surface area contributed by atoms with Crippen molar-refractivity contribution in [2.24, 2.45) is 0 Å². The smallest absolute Gasteiger partial charge is 0.408 e. The number of hydrogen-bond donors (Lipinski definition) is 1.